The van der Waals surface area contributed by atoms with E-state index in [0.29, 0.717) is 30.8 Å². The third-order valence-electron chi connectivity index (χ3n) is 6.41. The molecule has 5 aromatic rings. The molecule has 0 unspecified atom stereocenters. The fourth-order valence-corrected chi connectivity index (χ4v) is 6.22. The van der Waals surface area contributed by atoms with E-state index in [9.17, 15) is 14.0 Å². The van der Waals surface area contributed by atoms with Crippen LogP contribution in [0.1, 0.15) is 11.1 Å². The molecule has 0 aliphatic rings. The largest absolute Gasteiger partial charge is 0.378 e. The van der Waals surface area contributed by atoms with Crippen molar-refractivity contribution in [1.29, 1.82) is 0 Å². The highest BCUT2D eigenvalue weighted by atomic mass is 32.2. The van der Waals surface area contributed by atoms with Crippen molar-refractivity contribution in [2.45, 2.75) is 19.0 Å². The minimum atomic E-state index is -0.420. The van der Waals surface area contributed by atoms with Gasteiger partial charge in [0.05, 0.1) is 11.4 Å². The van der Waals surface area contributed by atoms with E-state index >= 15 is 0 Å². The molecule has 11 heteroatoms. The van der Waals surface area contributed by atoms with E-state index in [2.05, 4.69) is 5.32 Å². The van der Waals surface area contributed by atoms with Crippen molar-refractivity contribution in [1.82, 2.24) is 14.1 Å². The lowest BCUT2D eigenvalue weighted by Gasteiger charge is -2.14. The fourth-order valence-electron chi connectivity index (χ4n) is 4.11. The Morgan fingerprint density at radius 3 is 2.33 bits per heavy atom. The number of aryl methyl sites for hydroxylation is 2. The standard InChI is InChI=1S/C29H26FN5O2S3/c1-17-5-10-23(15-18(17)2)34-26-25(40-29(34)38)27(37)35(22-11-6-19(30)7-12-22)28(32-26)39-16-24(36)31-20-8-13-21(14-9-20)33(3)4/h5-15H,16H2,1-4H3,(H,31,36). The Morgan fingerprint density at radius 1 is 1.00 bits per heavy atom. The SMILES string of the molecule is Cc1ccc(-n2c(=S)sc3c(=O)n(-c4ccc(F)cc4)c(SCC(=O)Nc4ccc(N(C)C)cc4)nc32)cc1C. The van der Waals surface area contributed by atoms with Gasteiger partial charge in [-0.1, -0.05) is 29.2 Å². The fraction of sp³-hybridized carbons (Fsp3) is 0.172. The van der Waals surface area contributed by atoms with Gasteiger partial charge < -0.3 is 10.2 Å². The molecule has 204 valence electrons. The van der Waals surface area contributed by atoms with Gasteiger partial charge in [-0.2, -0.15) is 0 Å². The highest BCUT2D eigenvalue weighted by Gasteiger charge is 2.20. The summed E-state index contributed by atoms with van der Waals surface area (Å²) in [6, 6.07) is 19.0. The first kappa shape index (κ1) is 27.8. The number of carbonyl (C=O) groups excluding carboxylic acids is 1. The van der Waals surface area contributed by atoms with E-state index in [1.54, 1.807) is 4.57 Å². The number of thiazole rings is 1. The maximum absolute atomic E-state index is 13.8. The van der Waals surface area contributed by atoms with Crippen LogP contribution in [0.5, 0.6) is 0 Å². The van der Waals surface area contributed by atoms with E-state index in [1.807, 2.05) is 75.3 Å². The van der Waals surface area contributed by atoms with E-state index in [-0.39, 0.29) is 17.2 Å². The number of rotatable bonds is 7. The van der Waals surface area contributed by atoms with Crippen LogP contribution in [0.15, 0.2) is 76.7 Å². The van der Waals surface area contributed by atoms with Crippen LogP contribution in [0.25, 0.3) is 21.7 Å². The zero-order chi connectivity index (χ0) is 28.6. The van der Waals surface area contributed by atoms with Gasteiger partial charge in [-0.15, -0.1) is 0 Å². The number of amides is 1. The molecule has 0 radical (unpaired) electrons. The molecule has 1 N–H and O–H groups in total. The van der Waals surface area contributed by atoms with Crippen molar-refractivity contribution in [2.75, 3.05) is 30.1 Å². The predicted molar refractivity (Wildman–Crippen MR) is 165 cm³/mol. The molecule has 1 amide bonds. The van der Waals surface area contributed by atoms with Gasteiger partial charge in [-0.3, -0.25) is 18.7 Å². The lowest BCUT2D eigenvalue weighted by Crippen LogP contribution is -2.23. The molecule has 0 bridgehead atoms. The molecule has 3 aromatic carbocycles. The first-order chi connectivity index (χ1) is 19.1. The summed E-state index contributed by atoms with van der Waals surface area (Å²) in [5.74, 6) is -0.668. The molecular weight excluding hydrogens is 566 g/mol. The van der Waals surface area contributed by atoms with Crippen molar-refractivity contribution >= 4 is 62.9 Å². The van der Waals surface area contributed by atoms with Crippen molar-refractivity contribution < 1.29 is 9.18 Å². The summed E-state index contributed by atoms with van der Waals surface area (Å²) in [6.45, 7) is 4.04. The molecule has 7 nitrogen and oxygen atoms in total. The highest BCUT2D eigenvalue weighted by Crippen LogP contribution is 2.28. The van der Waals surface area contributed by atoms with E-state index < -0.39 is 5.82 Å². The minimum absolute atomic E-state index is 0.00306. The van der Waals surface area contributed by atoms with Gasteiger partial charge in [0.15, 0.2) is 14.8 Å². The molecule has 0 aliphatic heterocycles. The van der Waals surface area contributed by atoms with Gasteiger partial charge in [-0.25, -0.2) is 9.37 Å². The number of halogens is 1. The van der Waals surface area contributed by atoms with Gasteiger partial charge in [0.25, 0.3) is 5.56 Å². The van der Waals surface area contributed by atoms with Gasteiger partial charge in [0.2, 0.25) is 5.91 Å². The number of hydrogen-bond donors (Lipinski definition) is 1. The molecule has 5 rings (SSSR count). The van der Waals surface area contributed by atoms with Crippen LogP contribution < -0.4 is 15.8 Å². The number of nitrogens with zero attached hydrogens (tertiary/aromatic N) is 4. The average molecular weight is 592 g/mol. The lowest BCUT2D eigenvalue weighted by molar-refractivity contribution is -0.113. The molecule has 0 aliphatic carbocycles. The highest BCUT2D eigenvalue weighted by molar-refractivity contribution is 7.99. The number of hydrogen-bond acceptors (Lipinski definition) is 7. The third kappa shape index (κ3) is 5.58. The number of benzene rings is 3. The average Bonchev–Trinajstić information content (AvgIpc) is 3.26. The summed E-state index contributed by atoms with van der Waals surface area (Å²) in [5.41, 5.74) is 5.24. The van der Waals surface area contributed by atoms with Crippen molar-refractivity contribution in [2.24, 2.45) is 0 Å². The molecule has 40 heavy (non-hydrogen) atoms. The zero-order valence-corrected chi connectivity index (χ0v) is 24.7. The summed E-state index contributed by atoms with van der Waals surface area (Å²) in [4.78, 5) is 33.5. The van der Waals surface area contributed by atoms with Gasteiger partial charge >= 0.3 is 0 Å². The van der Waals surface area contributed by atoms with Gasteiger partial charge in [0, 0.05) is 31.2 Å². The predicted octanol–water partition coefficient (Wildman–Crippen LogP) is 6.52. The second-order valence-electron chi connectivity index (χ2n) is 9.41. The molecule has 0 spiro atoms. The minimum Gasteiger partial charge on any atom is -0.378 e. The summed E-state index contributed by atoms with van der Waals surface area (Å²) >= 11 is 7.97. The zero-order valence-electron chi connectivity index (χ0n) is 22.3. The Balaban J connectivity index is 1.55. The Hall–Kier alpha value is -3.80. The Bertz CT molecular complexity index is 1840. The summed E-state index contributed by atoms with van der Waals surface area (Å²) in [6.07, 6.45) is 0. The molecule has 0 saturated heterocycles. The Morgan fingerprint density at radius 2 is 1.68 bits per heavy atom. The van der Waals surface area contributed by atoms with Crippen LogP contribution in [0.2, 0.25) is 0 Å². The number of carbonyl (C=O) groups is 1. The maximum Gasteiger partial charge on any atom is 0.278 e. The van der Waals surface area contributed by atoms with Crippen LogP contribution in [-0.2, 0) is 4.79 Å². The summed E-state index contributed by atoms with van der Waals surface area (Å²) in [7, 11) is 3.89. The number of aromatic nitrogens is 3. The first-order valence-corrected chi connectivity index (χ1v) is 14.6. The van der Waals surface area contributed by atoms with Crippen LogP contribution in [-0.4, -0.2) is 39.9 Å². The van der Waals surface area contributed by atoms with Gasteiger partial charge in [-0.05, 0) is 97.9 Å². The van der Waals surface area contributed by atoms with E-state index in [1.165, 1.54) is 40.2 Å². The number of nitrogens with one attached hydrogen (secondary N) is 1. The monoisotopic (exact) mass is 591 g/mol. The third-order valence-corrected chi connectivity index (χ3v) is 8.70. The lowest BCUT2D eigenvalue weighted by atomic mass is 10.1. The Labute approximate surface area is 243 Å². The van der Waals surface area contributed by atoms with Crippen molar-refractivity contribution in [3.63, 3.8) is 0 Å². The molecule has 2 heterocycles. The maximum atomic E-state index is 13.8. The van der Waals surface area contributed by atoms with E-state index in [0.717, 1.165) is 34.3 Å². The second kappa shape index (κ2) is 11.4. The Kier molecular flexibility index (Phi) is 7.88. The molecule has 2 aromatic heterocycles. The van der Waals surface area contributed by atoms with Crippen molar-refractivity contribution in [3.05, 3.63) is 98.0 Å². The number of anilines is 2. The van der Waals surface area contributed by atoms with Gasteiger partial charge in [0.1, 0.15) is 10.5 Å². The van der Waals surface area contributed by atoms with Crippen LogP contribution >= 0.6 is 35.3 Å². The van der Waals surface area contributed by atoms with E-state index in [4.69, 9.17) is 17.2 Å². The smallest absolute Gasteiger partial charge is 0.278 e. The van der Waals surface area contributed by atoms with Crippen LogP contribution in [0.4, 0.5) is 15.8 Å². The molecule has 0 saturated carbocycles. The summed E-state index contributed by atoms with van der Waals surface area (Å²) in [5, 5.41) is 3.19. The van der Waals surface area contributed by atoms with Crippen molar-refractivity contribution in [3.8, 4) is 11.4 Å². The number of fused-ring (bicyclic) bond motifs is 1. The normalized spacial score (nSPS) is 11.1. The summed E-state index contributed by atoms with van der Waals surface area (Å²) < 4.78 is 17.8. The first-order valence-electron chi connectivity index (χ1n) is 12.3. The molecular formula is C29H26FN5O2S3. The number of thioether (sulfide) groups is 1. The molecule has 0 fully saturated rings. The second-order valence-corrected chi connectivity index (χ2v) is 12.0. The van der Waals surface area contributed by atoms with Crippen LogP contribution in [0.3, 0.4) is 0 Å². The molecule has 0 atom stereocenters. The van der Waals surface area contributed by atoms with Crippen LogP contribution in [0, 0.1) is 23.6 Å². The topological polar surface area (TPSA) is 72.2 Å². The quantitative estimate of drug-likeness (QED) is 0.132.